The second kappa shape index (κ2) is 8.69. The molecule has 2 rings (SSSR count). The van der Waals surface area contributed by atoms with Crippen molar-refractivity contribution in [1.29, 1.82) is 0 Å². The summed E-state index contributed by atoms with van der Waals surface area (Å²) in [5, 5.41) is 1.29. The summed E-state index contributed by atoms with van der Waals surface area (Å²) in [4.78, 5) is 2.74. The van der Waals surface area contributed by atoms with Crippen molar-refractivity contribution >= 4 is 23.5 Å². The predicted molar refractivity (Wildman–Crippen MR) is 102 cm³/mol. The minimum atomic E-state index is 0.646. The van der Waals surface area contributed by atoms with E-state index in [-0.39, 0.29) is 0 Å². The number of hydrogen-bond donors (Lipinski definition) is 0. The Hall–Kier alpha value is -0.860. The largest absolute Gasteiger partial charge is 0.123 e. The van der Waals surface area contributed by atoms with Crippen LogP contribution >= 0.6 is 23.5 Å². The van der Waals surface area contributed by atoms with Gasteiger partial charge in [-0.25, -0.2) is 0 Å². The maximum atomic E-state index is 2.27. The molecular weight excluding hydrogens is 304 g/mol. The van der Waals surface area contributed by atoms with Gasteiger partial charge in [-0.05, 0) is 48.2 Å². The van der Waals surface area contributed by atoms with Gasteiger partial charge in [0.2, 0.25) is 0 Å². The van der Waals surface area contributed by atoms with Crippen LogP contribution in [0.4, 0.5) is 0 Å². The molecule has 0 heterocycles. The molecule has 0 nitrogen and oxygen atoms in total. The Kier molecular flexibility index (Phi) is 6.91. The van der Waals surface area contributed by atoms with Crippen LogP contribution in [0.2, 0.25) is 0 Å². The average Bonchev–Trinajstić information content (AvgIpc) is 2.47. The summed E-state index contributed by atoms with van der Waals surface area (Å²) in [6.07, 6.45) is 2.23. The number of thioether (sulfide) groups is 2. The number of benzene rings is 2. The SMILES string of the molecule is CC(C)Sc1ccc(CCc2ccc(SC(C)C)cc2)cc1. The molecule has 0 spiro atoms. The highest BCUT2D eigenvalue weighted by Crippen LogP contribution is 2.24. The Morgan fingerprint density at radius 1 is 0.591 bits per heavy atom. The first kappa shape index (κ1) is 17.5. The third kappa shape index (κ3) is 6.10. The lowest BCUT2D eigenvalue weighted by Gasteiger charge is -2.08. The van der Waals surface area contributed by atoms with Gasteiger partial charge in [0.25, 0.3) is 0 Å². The van der Waals surface area contributed by atoms with Crippen LogP contribution in [0.1, 0.15) is 38.8 Å². The molecule has 0 aliphatic heterocycles. The molecule has 0 saturated carbocycles. The van der Waals surface area contributed by atoms with E-state index in [1.54, 1.807) is 0 Å². The number of hydrogen-bond acceptors (Lipinski definition) is 2. The summed E-state index contributed by atoms with van der Waals surface area (Å²) in [6.45, 7) is 8.94. The second-order valence-corrected chi connectivity index (χ2v) is 9.42. The van der Waals surface area contributed by atoms with Crippen LogP contribution in [-0.4, -0.2) is 10.5 Å². The maximum absolute atomic E-state index is 2.27. The lowest BCUT2D eigenvalue weighted by Crippen LogP contribution is -1.92. The van der Waals surface area contributed by atoms with Gasteiger partial charge >= 0.3 is 0 Å². The summed E-state index contributed by atoms with van der Waals surface area (Å²) in [6, 6.07) is 18.1. The first-order valence-electron chi connectivity index (χ1n) is 8.04. The zero-order chi connectivity index (χ0) is 15.9. The molecule has 2 aromatic rings. The summed E-state index contributed by atoms with van der Waals surface area (Å²) < 4.78 is 0. The highest BCUT2D eigenvalue weighted by Gasteiger charge is 2.01. The minimum absolute atomic E-state index is 0.646. The van der Waals surface area contributed by atoms with Crippen LogP contribution in [0.3, 0.4) is 0 Å². The molecule has 0 amide bonds. The lowest BCUT2D eigenvalue weighted by molar-refractivity contribution is 0.955. The van der Waals surface area contributed by atoms with Gasteiger partial charge in [0.05, 0.1) is 0 Å². The van der Waals surface area contributed by atoms with Gasteiger partial charge in [0.15, 0.2) is 0 Å². The average molecular weight is 331 g/mol. The minimum Gasteiger partial charge on any atom is -0.123 e. The third-order valence-corrected chi connectivity index (χ3v) is 5.32. The topological polar surface area (TPSA) is 0 Å². The van der Waals surface area contributed by atoms with E-state index in [0.717, 1.165) is 12.8 Å². The molecule has 0 aliphatic carbocycles. The summed E-state index contributed by atoms with van der Waals surface area (Å²) in [5.74, 6) is 0. The van der Waals surface area contributed by atoms with Gasteiger partial charge in [-0.3, -0.25) is 0 Å². The van der Waals surface area contributed by atoms with E-state index in [0.29, 0.717) is 10.5 Å². The van der Waals surface area contributed by atoms with Gasteiger partial charge in [-0.15, -0.1) is 23.5 Å². The first-order valence-corrected chi connectivity index (χ1v) is 9.80. The molecule has 0 fully saturated rings. The second-order valence-electron chi connectivity index (χ2n) is 6.12. The molecule has 0 aromatic heterocycles. The molecule has 0 unspecified atom stereocenters. The molecule has 118 valence electrons. The molecule has 2 heteroatoms. The Labute approximate surface area is 144 Å². The van der Waals surface area contributed by atoms with Crippen LogP contribution in [0.25, 0.3) is 0 Å². The summed E-state index contributed by atoms with van der Waals surface area (Å²) >= 11 is 3.85. The fourth-order valence-electron chi connectivity index (χ4n) is 2.30. The van der Waals surface area contributed by atoms with E-state index in [1.807, 2.05) is 23.5 Å². The monoisotopic (exact) mass is 330 g/mol. The molecule has 0 atom stereocenters. The Balaban J connectivity index is 1.87. The standard InChI is InChI=1S/C20H26S2/c1-15(2)21-19-11-7-17(8-12-19)5-6-18-9-13-20(14-10-18)22-16(3)4/h7-16H,5-6H2,1-4H3. The van der Waals surface area contributed by atoms with E-state index in [1.165, 1.54) is 20.9 Å². The van der Waals surface area contributed by atoms with Crippen molar-refractivity contribution in [3.8, 4) is 0 Å². The van der Waals surface area contributed by atoms with Crippen molar-refractivity contribution in [3.63, 3.8) is 0 Å². The Morgan fingerprint density at radius 3 is 1.18 bits per heavy atom. The zero-order valence-corrected chi connectivity index (χ0v) is 15.6. The van der Waals surface area contributed by atoms with Crippen molar-refractivity contribution < 1.29 is 0 Å². The number of aryl methyl sites for hydroxylation is 2. The molecule has 0 radical (unpaired) electrons. The summed E-state index contributed by atoms with van der Waals surface area (Å²) in [5.41, 5.74) is 2.85. The quantitative estimate of drug-likeness (QED) is 0.533. The van der Waals surface area contributed by atoms with Crippen molar-refractivity contribution in [1.82, 2.24) is 0 Å². The molecule has 0 aliphatic rings. The van der Waals surface area contributed by atoms with Crippen molar-refractivity contribution in [3.05, 3.63) is 59.7 Å². The highest BCUT2D eigenvalue weighted by molar-refractivity contribution is 8.00. The molecule has 2 aromatic carbocycles. The Morgan fingerprint density at radius 2 is 0.909 bits per heavy atom. The van der Waals surface area contributed by atoms with E-state index < -0.39 is 0 Å². The van der Waals surface area contributed by atoms with Crippen molar-refractivity contribution in [2.24, 2.45) is 0 Å². The van der Waals surface area contributed by atoms with Gasteiger partial charge < -0.3 is 0 Å². The van der Waals surface area contributed by atoms with Crippen LogP contribution < -0.4 is 0 Å². The lowest BCUT2D eigenvalue weighted by atomic mass is 10.0. The van der Waals surface area contributed by atoms with E-state index in [9.17, 15) is 0 Å². The highest BCUT2D eigenvalue weighted by atomic mass is 32.2. The number of rotatable bonds is 7. The molecule has 0 saturated heterocycles. The fraction of sp³-hybridized carbons (Fsp3) is 0.400. The molecule has 22 heavy (non-hydrogen) atoms. The van der Waals surface area contributed by atoms with Gasteiger partial charge in [-0.2, -0.15) is 0 Å². The third-order valence-electron chi connectivity index (χ3n) is 3.29. The first-order chi connectivity index (χ1) is 10.5. The van der Waals surface area contributed by atoms with Gasteiger partial charge in [0.1, 0.15) is 0 Å². The van der Waals surface area contributed by atoms with Gasteiger partial charge in [0, 0.05) is 20.3 Å². The molecule has 0 bridgehead atoms. The molecular formula is C20H26S2. The zero-order valence-electron chi connectivity index (χ0n) is 14.0. The van der Waals surface area contributed by atoms with Gasteiger partial charge in [-0.1, -0.05) is 52.0 Å². The van der Waals surface area contributed by atoms with Crippen LogP contribution in [0.15, 0.2) is 58.3 Å². The van der Waals surface area contributed by atoms with Crippen LogP contribution in [0.5, 0.6) is 0 Å². The van der Waals surface area contributed by atoms with E-state index in [2.05, 4.69) is 76.2 Å². The maximum Gasteiger partial charge on any atom is 0.00747 e. The predicted octanol–water partition coefficient (Wildman–Crippen LogP) is 6.47. The fourth-order valence-corrected chi connectivity index (χ4v) is 3.98. The van der Waals surface area contributed by atoms with Crippen LogP contribution in [-0.2, 0) is 12.8 Å². The van der Waals surface area contributed by atoms with E-state index in [4.69, 9.17) is 0 Å². The van der Waals surface area contributed by atoms with Crippen LogP contribution in [0, 0.1) is 0 Å². The molecule has 0 N–H and O–H groups in total. The van der Waals surface area contributed by atoms with Crippen molar-refractivity contribution in [2.75, 3.05) is 0 Å². The normalized spacial score (nSPS) is 11.4. The van der Waals surface area contributed by atoms with Crippen molar-refractivity contribution in [2.45, 2.75) is 60.8 Å². The summed E-state index contributed by atoms with van der Waals surface area (Å²) in [7, 11) is 0. The Bertz CT molecular complexity index is 500. The van der Waals surface area contributed by atoms with E-state index >= 15 is 0 Å². The smallest absolute Gasteiger partial charge is 0.00747 e.